The lowest BCUT2D eigenvalue weighted by Crippen LogP contribution is -2.55. The summed E-state index contributed by atoms with van der Waals surface area (Å²) in [5.41, 5.74) is 0. The number of halogens is 1. The van der Waals surface area contributed by atoms with Crippen molar-refractivity contribution in [1.82, 2.24) is 10.6 Å². The van der Waals surface area contributed by atoms with Crippen molar-refractivity contribution in [3.63, 3.8) is 0 Å². The van der Waals surface area contributed by atoms with Gasteiger partial charge in [-0.3, -0.25) is 4.79 Å². The van der Waals surface area contributed by atoms with Gasteiger partial charge in [0.25, 0.3) is 0 Å². The summed E-state index contributed by atoms with van der Waals surface area (Å²) in [6, 6.07) is 3.74. The van der Waals surface area contributed by atoms with Crippen LogP contribution in [-0.4, -0.2) is 31.2 Å². The summed E-state index contributed by atoms with van der Waals surface area (Å²) in [4.78, 5) is 13.1. The molecule has 1 saturated heterocycles. The van der Waals surface area contributed by atoms with Crippen LogP contribution < -0.4 is 10.6 Å². The van der Waals surface area contributed by atoms with Gasteiger partial charge in [-0.25, -0.2) is 0 Å². The van der Waals surface area contributed by atoms with Gasteiger partial charge in [0, 0.05) is 11.4 Å². The van der Waals surface area contributed by atoms with Crippen LogP contribution in [-0.2, 0) is 16.1 Å². The second-order valence-electron chi connectivity index (χ2n) is 3.93. The Morgan fingerprint density at radius 1 is 1.71 bits per heavy atom. The first-order valence-corrected chi connectivity index (χ1v) is 7.14. The molecule has 0 saturated carbocycles. The first-order chi connectivity index (χ1) is 8.16. The number of carbonyl (C=O) groups excluding carboxylic acids is 1. The topological polar surface area (TPSA) is 50.4 Å². The molecule has 0 bridgehead atoms. The maximum atomic E-state index is 11.9. The quantitative estimate of drug-likeness (QED) is 0.888. The molecular weight excluding hydrogens is 304 g/mol. The molecule has 0 unspecified atom stereocenters. The Kier molecular flexibility index (Phi) is 4.55. The fraction of sp³-hybridized carbons (Fsp3) is 0.545. The summed E-state index contributed by atoms with van der Waals surface area (Å²) in [6.45, 7) is 3.88. The Morgan fingerprint density at radius 3 is 3.18 bits per heavy atom. The van der Waals surface area contributed by atoms with Crippen molar-refractivity contribution < 1.29 is 9.53 Å². The van der Waals surface area contributed by atoms with Crippen LogP contribution in [0.4, 0.5) is 0 Å². The van der Waals surface area contributed by atoms with Crippen molar-refractivity contribution >= 4 is 33.2 Å². The number of ether oxygens (including phenoxy) is 1. The smallest absolute Gasteiger partial charge is 0.240 e. The van der Waals surface area contributed by atoms with E-state index in [-0.39, 0.29) is 18.1 Å². The van der Waals surface area contributed by atoms with Gasteiger partial charge in [-0.2, -0.15) is 0 Å². The molecule has 1 fully saturated rings. The standard InChI is InChI=1S/C11H15BrN2O2S/c1-7-10(13-4-5-16-7)11(15)14-6-8-2-3-9(12)17-8/h2-3,7,10,13H,4-6H2,1H3,(H,14,15)/t7-,10+/m1/s1. The number of amides is 1. The van der Waals surface area contributed by atoms with Gasteiger partial charge in [0.15, 0.2) is 0 Å². The minimum atomic E-state index is -0.243. The number of rotatable bonds is 3. The number of carbonyl (C=O) groups is 1. The Labute approximate surface area is 113 Å². The molecule has 1 aromatic heterocycles. The molecule has 1 aromatic rings. The van der Waals surface area contributed by atoms with Gasteiger partial charge in [-0.15, -0.1) is 11.3 Å². The molecule has 0 radical (unpaired) electrons. The summed E-state index contributed by atoms with van der Waals surface area (Å²) in [7, 11) is 0. The molecular formula is C11H15BrN2O2S. The van der Waals surface area contributed by atoms with Gasteiger partial charge in [0.1, 0.15) is 6.04 Å². The van der Waals surface area contributed by atoms with Crippen LogP contribution >= 0.6 is 27.3 Å². The summed E-state index contributed by atoms with van der Waals surface area (Å²) < 4.78 is 6.52. The molecule has 1 amide bonds. The van der Waals surface area contributed by atoms with E-state index in [0.29, 0.717) is 13.2 Å². The maximum Gasteiger partial charge on any atom is 0.240 e. The van der Waals surface area contributed by atoms with E-state index >= 15 is 0 Å². The first kappa shape index (κ1) is 13.0. The van der Waals surface area contributed by atoms with Crippen molar-refractivity contribution in [2.24, 2.45) is 0 Å². The number of hydrogen-bond donors (Lipinski definition) is 2. The van der Waals surface area contributed by atoms with Crippen molar-refractivity contribution in [3.8, 4) is 0 Å². The Balaban J connectivity index is 1.84. The van der Waals surface area contributed by atoms with Crippen LogP contribution in [0.5, 0.6) is 0 Å². The van der Waals surface area contributed by atoms with E-state index in [0.717, 1.165) is 15.2 Å². The van der Waals surface area contributed by atoms with E-state index in [4.69, 9.17) is 4.74 Å². The first-order valence-electron chi connectivity index (χ1n) is 5.54. The van der Waals surface area contributed by atoms with Crippen LogP contribution in [0.1, 0.15) is 11.8 Å². The average Bonchev–Trinajstić information content (AvgIpc) is 2.73. The SMILES string of the molecule is C[C@H]1OCCN[C@@H]1C(=O)NCc1ccc(Br)s1. The Hall–Kier alpha value is -0.430. The Bertz CT molecular complexity index is 397. The third kappa shape index (κ3) is 3.51. The van der Waals surface area contributed by atoms with E-state index in [1.807, 2.05) is 19.1 Å². The molecule has 0 spiro atoms. The number of thiophene rings is 1. The molecule has 0 aliphatic carbocycles. The van der Waals surface area contributed by atoms with E-state index in [1.165, 1.54) is 0 Å². The Morgan fingerprint density at radius 2 is 2.53 bits per heavy atom. The minimum absolute atomic E-state index is 0.00159. The molecule has 1 aliphatic heterocycles. The van der Waals surface area contributed by atoms with Crippen LogP contribution in [0.2, 0.25) is 0 Å². The molecule has 0 aromatic carbocycles. The summed E-state index contributed by atoms with van der Waals surface area (Å²) >= 11 is 5.03. The van der Waals surface area contributed by atoms with Crippen molar-refractivity contribution in [2.75, 3.05) is 13.2 Å². The minimum Gasteiger partial charge on any atom is -0.375 e. The summed E-state index contributed by atoms with van der Waals surface area (Å²) in [5, 5.41) is 6.09. The number of hydrogen-bond acceptors (Lipinski definition) is 4. The molecule has 17 heavy (non-hydrogen) atoms. The fourth-order valence-corrected chi connectivity index (χ4v) is 3.18. The van der Waals surface area contributed by atoms with E-state index in [1.54, 1.807) is 11.3 Å². The predicted octanol–water partition coefficient (Wildman–Crippen LogP) is 1.50. The number of nitrogens with one attached hydrogen (secondary N) is 2. The van der Waals surface area contributed by atoms with Crippen molar-refractivity contribution in [3.05, 3.63) is 20.8 Å². The molecule has 2 atom stereocenters. The van der Waals surface area contributed by atoms with E-state index in [9.17, 15) is 4.79 Å². The van der Waals surface area contributed by atoms with Crippen molar-refractivity contribution in [1.29, 1.82) is 0 Å². The highest BCUT2D eigenvalue weighted by atomic mass is 79.9. The lowest BCUT2D eigenvalue weighted by atomic mass is 10.1. The zero-order chi connectivity index (χ0) is 12.3. The monoisotopic (exact) mass is 318 g/mol. The molecule has 2 rings (SSSR count). The van der Waals surface area contributed by atoms with Crippen LogP contribution in [0.3, 0.4) is 0 Å². The van der Waals surface area contributed by atoms with Crippen LogP contribution in [0.15, 0.2) is 15.9 Å². The molecule has 6 heteroatoms. The third-order valence-corrected chi connectivity index (χ3v) is 4.29. The second-order valence-corrected chi connectivity index (χ2v) is 6.48. The lowest BCUT2D eigenvalue weighted by Gasteiger charge is -2.29. The summed E-state index contributed by atoms with van der Waals surface area (Å²) in [6.07, 6.45) is -0.0705. The van der Waals surface area contributed by atoms with Gasteiger partial charge < -0.3 is 15.4 Å². The molecule has 94 valence electrons. The summed E-state index contributed by atoms with van der Waals surface area (Å²) in [5.74, 6) is 0.00159. The van der Waals surface area contributed by atoms with Crippen LogP contribution in [0.25, 0.3) is 0 Å². The largest absolute Gasteiger partial charge is 0.375 e. The van der Waals surface area contributed by atoms with Crippen LogP contribution in [0, 0.1) is 0 Å². The van der Waals surface area contributed by atoms with Gasteiger partial charge in [0.2, 0.25) is 5.91 Å². The van der Waals surface area contributed by atoms with Gasteiger partial charge in [0.05, 0.1) is 23.0 Å². The van der Waals surface area contributed by atoms with E-state index < -0.39 is 0 Å². The molecule has 1 aliphatic rings. The normalized spacial score (nSPS) is 24.6. The molecule has 2 heterocycles. The zero-order valence-electron chi connectivity index (χ0n) is 9.53. The fourth-order valence-electron chi connectivity index (χ4n) is 1.76. The highest BCUT2D eigenvalue weighted by molar-refractivity contribution is 9.11. The van der Waals surface area contributed by atoms with E-state index in [2.05, 4.69) is 26.6 Å². The van der Waals surface area contributed by atoms with Gasteiger partial charge in [-0.05, 0) is 35.0 Å². The molecule has 4 nitrogen and oxygen atoms in total. The average molecular weight is 319 g/mol. The highest BCUT2D eigenvalue weighted by Gasteiger charge is 2.27. The predicted molar refractivity (Wildman–Crippen MR) is 71.1 cm³/mol. The van der Waals surface area contributed by atoms with Gasteiger partial charge in [-0.1, -0.05) is 0 Å². The van der Waals surface area contributed by atoms with Gasteiger partial charge >= 0.3 is 0 Å². The zero-order valence-corrected chi connectivity index (χ0v) is 11.9. The number of morpholine rings is 1. The molecule has 2 N–H and O–H groups in total. The van der Waals surface area contributed by atoms with Crippen molar-refractivity contribution in [2.45, 2.75) is 25.6 Å². The third-order valence-electron chi connectivity index (χ3n) is 2.66. The lowest BCUT2D eigenvalue weighted by molar-refractivity contribution is -0.129. The highest BCUT2D eigenvalue weighted by Crippen LogP contribution is 2.21. The second kappa shape index (κ2) is 5.95. The maximum absolute atomic E-state index is 11.9.